The summed E-state index contributed by atoms with van der Waals surface area (Å²) in [6.45, 7) is 6.94. The van der Waals surface area contributed by atoms with Crippen LogP contribution in [0.4, 0.5) is 5.69 Å². The van der Waals surface area contributed by atoms with Crippen molar-refractivity contribution in [1.29, 1.82) is 0 Å². The number of likely N-dealkylation sites (tertiary alicyclic amines) is 1. The van der Waals surface area contributed by atoms with Gasteiger partial charge in [-0.1, -0.05) is 31.9 Å². The van der Waals surface area contributed by atoms with Crippen LogP contribution in [-0.4, -0.2) is 30.4 Å². The second-order valence-electron chi connectivity index (χ2n) is 5.60. The molecular weight excluding hydrogens is 248 g/mol. The van der Waals surface area contributed by atoms with E-state index >= 15 is 0 Å². The molecule has 0 radical (unpaired) electrons. The van der Waals surface area contributed by atoms with Crippen LogP contribution in [0.15, 0.2) is 24.3 Å². The fraction of sp³-hybridized carbons (Fsp3) is 0.588. The fourth-order valence-electron chi connectivity index (χ4n) is 3.02. The highest BCUT2D eigenvalue weighted by Gasteiger charge is 2.24. The first-order chi connectivity index (χ1) is 9.76. The van der Waals surface area contributed by atoms with Crippen LogP contribution in [0.3, 0.4) is 0 Å². The lowest BCUT2D eigenvalue weighted by Gasteiger charge is -2.32. The van der Waals surface area contributed by atoms with Crippen LogP contribution in [0, 0.1) is 5.92 Å². The molecule has 3 heteroatoms. The third-order valence-electron chi connectivity index (χ3n) is 4.12. The van der Waals surface area contributed by atoms with Gasteiger partial charge in [-0.2, -0.15) is 0 Å². The van der Waals surface area contributed by atoms with Crippen LogP contribution in [-0.2, 0) is 0 Å². The number of benzene rings is 1. The van der Waals surface area contributed by atoms with Crippen LogP contribution in [0.5, 0.6) is 0 Å². The minimum Gasteiger partial charge on any atom is -0.385 e. The number of hydrogen-bond donors (Lipinski definition) is 1. The summed E-state index contributed by atoms with van der Waals surface area (Å²) in [7, 11) is 0. The Hall–Kier alpha value is -1.51. The summed E-state index contributed by atoms with van der Waals surface area (Å²) in [6.07, 6.45) is 4.86. The van der Waals surface area contributed by atoms with Crippen LogP contribution >= 0.6 is 0 Å². The zero-order valence-electron chi connectivity index (χ0n) is 12.7. The normalized spacial score (nSPS) is 16.2. The number of para-hydroxylation sites is 1. The highest BCUT2D eigenvalue weighted by molar-refractivity contribution is 5.99. The second-order valence-corrected chi connectivity index (χ2v) is 5.60. The van der Waals surface area contributed by atoms with E-state index in [0.29, 0.717) is 0 Å². The van der Waals surface area contributed by atoms with E-state index in [4.69, 9.17) is 0 Å². The van der Waals surface area contributed by atoms with Crippen molar-refractivity contribution in [2.75, 3.05) is 25.0 Å². The third kappa shape index (κ3) is 3.53. The third-order valence-corrected chi connectivity index (χ3v) is 4.12. The molecule has 1 aromatic carbocycles. The summed E-state index contributed by atoms with van der Waals surface area (Å²) in [5.41, 5.74) is 1.76. The molecule has 1 aliphatic heterocycles. The van der Waals surface area contributed by atoms with Gasteiger partial charge in [-0.25, -0.2) is 0 Å². The van der Waals surface area contributed by atoms with E-state index in [1.807, 2.05) is 29.2 Å². The van der Waals surface area contributed by atoms with Crippen molar-refractivity contribution in [3.05, 3.63) is 29.8 Å². The van der Waals surface area contributed by atoms with Gasteiger partial charge in [0, 0.05) is 25.3 Å². The molecule has 1 N–H and O–H groups in total. The van der Waals surface area contributed by atoms with E-state index in [1.54, 1.807) is 0 Å². The van der Waals surface area contributed by atoms with Crippen LogP contribution in [0.25, 0.3) is 0 Å². The number of carbonyl (C=O) groups is 1. The first-order valence-electron chi connectivity index (χ1n) is 7.88. The van der Waals surface area contributed by atoms with E-state index < -0.39 is 0 Å². The molecule has 1 amide bonds. The molecule has 0 atom stereocenters. The predicted molar refractivity (Wildman–Crippen MR) is 84.1 cm³/mol. The van der Waals surface area contributed by atoms with Gasteiger partial charge >= 0.3 is 0 Å². The Morgan fingerprint density at radius 3 is 2.60 bits per heavy atom. The van der Waals surface area contributed by atoms with Gasteiger partial charge in [0.2, 0.25) is 0 Å². The largest absolute Gasteiger partial charge is 0.385 e. The lowest BCUT2D eigenvalue weighted by atomic mass is 9.92. The molecule has 1 fully saturated rings. The fourth-order valence-corrected chi connectivity index (χ4v) is 3.02. The smallest absolute Gasteiger partial charge is 0.255 e. The zero-order chi connectivity index (χ0) is 14.4. The molecule has 0 bridgehead atoms. The zero-order valence-corrected chi connectivity index (χ0v) is 12.7. The lowest BCUT2D eigenvalue weighted by molar-refractivity contribution is 0.0687. The quantitative estimate of drug-likeness (QED) is 0.886. The van der Waals surface area contributed by atoms with Crippen molar-refractivity contribution in [2.45, 2.75) is 39.5 Å². The van der Waals surface area contributed by atoms with Gasteiger partial charge in [0.15, 0.2) is 0 Å². The molecule has 0 saturated carbocycles. The average Bonchev–Trinajstić information content (AvgIpc) is 2.49. The van der Waals surface area contributed by atoms with Gasteiger partial charge in [-0.15, -0.1) is 0 Å². The standard InChI is InChI=1S/C17H26N2O/c1-3-7-14-10-12-19(13-11-14)17(20)15-8-5-6-9-16(15)18-4-2/h5-6,8-9,14,18H,3-4,7,10-13H2,1-2H3. The first-order valence-corrected chi connectivity index (χ1v) is 7.88. The number of anilines is 1. The number of hydrogen-bond acceptors (Lipinski definition) is 2. The van der Waals surface area contributed by atoms with Crippen molar-refractivity contribution >= 4 is 11.6 Å². The van der Waals surface area contributed by atoms with Gasteiger partial charge in [-0.3, -0.25) is 4.79 Å². The monoisotopic (exact) mass is 274 g/mol. The lowest BCUT2D eigenvalue weighted by Crippen LogP contribution is -2.38. The molecule has 0 spiro atoms. The maximum absolute atomic E-state index is 12.6. The van der Waals surface area contributed by atoms with E-state index in [2.05, 4.69) is 19.2 Å². The van der Waals surface area contributed by atoms with Gasteiger partial charge < -0.3 is 10.2 Å². The summed E-state index contributed by atoms with van der Waals surface area (Å²) < 4.78 is 0. The average molecular weight is 274 g/mol. The molecule has 1 aliphatic rings. The molecule has 3 nitrogen and oxygen atoms in total. The Balaban J connectivity index is 2.02. The van der Waals surface area contributed by atoms with Crippen molar-refractivity contribution in [2.24, 2.45) is 5.92 Å². The van der Waals surface area contributed by atoms with E-state index in [9.17, 15) is 4.79 Å². The van der Waals surface area contributed by atoms with Gasteiger partial charge in [0.05, 0.1) is 5.56 Å². The van der Waals surface area contributed by atoms with Crippen molar-refractivity contribution in [3.8, 4) is 0 Å². The molecule has 20 heavy (non-hydrogen) atoms. The number of amides is 1. The number of nitrogens with one attached hydrogen (secondary N) is 1. The van der Waals surface area contributed by atoms with E-state index in [-0.39, 0.29) is 5.91 Å². The molecule has 1 saturated heterocycles. The summed E-state index contributed by atoms with van der Waals surface area (Å²) in [5, 5.41) is 3.28. The maximum Gasteiger partial charge on any atom is 0.255 e. The highest BCUT2D eigenvalue weighted by Crippen LogP contribution is 2.24. The molecule has 0 unspecified atom stereocenters. The second kappa shape index (κ2) is 7.32. The minimum absolute atomic E-state index is 0.177. The van der Waals surface area contributed by atoms with Crippen molar-refractivity contribution in [3.63, 3.8) is 0 Å². The Bertz CT molecular complexity index is 436. The summed E-state index contributed by atoms with van der Waals surface area (Å²) in [5.74, 6) is 0.990. The number of piperidine rings is 1. The SMILES string of the molecule is CCCC1CCN(C(=O)c2ccccc2NCC)CC1. The molecule has 0 aliphatic carbocycles. The Morgan fingerprint density at radius 2 is 1.95 bits per heavy atom. The summed E-state index contributed by atoms with van der Waals surface area (Å²) in [6, 6.07) is 7.83. The molecule has 0 aromatic heterocycles. The summed E-state index contributed by atoms with van der Waals surface area (Å²) >= 11 is 0. The highest BCUT2D eigenvalue weighted by atomic mass is 16.2. The number of carbonyl (C=O) groups excluding carboxylic acids is 1. The van der Waals surface area contributed by atoms with Crippen LogP contribution in [0.1, 0.15) is 49.9 Å². The van der Waals surface area contributed by atoms with Gasteiger partial charge in [0.25, 0.3) is 5.91 Å². The molecule has 110 valence electrons. The first kappa shape index (κ1) is 14.9. The summed E-state index contributed by atoms with van der Waals surface area (Å²) in [4.78, 5) is 14.7. The molecule has 1 heterocycles. The maximum atomic E-state index is 12.6. The molecular formula is C17H26N2O. The van der Waals surface area contributed by atoms with Crippen molar-refractivity contribution in [1.82, 2.24) is 4.90 Å². The Kier molecular flexibility index (Phi) is 5.45. The van der Waals surface area contributed by atoms with Crippen LogP contribution in [0.2, 0.25) is 0 Å². The number of rotatable bonds is 5. The van der Waals surface area contributed by atoms with Crippen molar-refractivity contribution < 1.29 is 4.79 Å². The van der Waals surface area contributed by atoms with Gasteiger partial charge in [-0.05, 0) is 37.8 Å². The Morgan fingerprint density at radius 1 is 1.25 bits per heavy atom. The van der Waals surface area contributed by atoms with Gasteiger partial charge in [0.1, 0.15) is 0 Å². The van der Waals surface area contributed by atoms with E-state index in [0.717, 1.165) is 49.6 Å². The molecule has 2 rings (SSSR count). The number of nitrogens with zero attached hydrogens (tertiary/aromatic N) is 1. The molecule has 1 aromatic rings. The Labute approximate surface area is 122 Å². The topological polar surface area (TPSA) is 32.3 Å². The predicted octanol–water partition coefficient (Wildman–Crippen LogP) is 3.77. The van der Waals surface area contributed by atoms with E-state index in [1.165, 1.54) is 12.8 Å². The van der Waals surface area contributed by atoms with Crippen LogP contribution < -0.4 is 5.32 Å². The minimum atomic E-state index is 0.177.